The molecule has 0 bridgehead atoms. The molecule has 1 aliphatic heterocycles. The molecule has 1 aliphatic rings. The standard InChI is InChI=1S/C20H21N3O5S2/c1-12-5-7-13(8-6-12)30(27,28)23-9-3-2-4-15(23)19(26)22-20-21-14-10-16(24)17(25)11-18(14)29-20/h5-8,10-11,15,24-25H,2-4,9H2,1H3,(H,21,22,26)/t15-/m1/s1. The van der Waals surface area contributed by atoms with E-state index >= 15 is 0 Å². The van der Waals surface area contributed by atoms with Crippen LogP contribution in [0.1, 0.15) is 24.8 Å². The second-order valence-corrected chi connectivity index (χ2v) is 10.2. The van der Waals surface area contributed by atoms with Crippen molar-refractivity contribution in [3.8, 4) is 11.5 Å². The molecule has 30 heavy (non-hydrogen) atoms. The van der Waals surface area contributed by atoms with Crippen molar-refractivity contribution in [2.24, 2.45) is 0 Å². The number of hydrogen-bond acceptors (Lipinski definition) is 7. The van der Waals surface area contributed by atoms with Crippen LogP contribution in [-0.4, -0.2) is 46.4 Å². The number of aromatic nitrogens is 1. The summed E-state index contributed by atoms with van der Waals surface area (Å²) < 4.78 is 28.2. The van der Waals surface area contributed by atoms with E-state index in [0.717, 1.165) is 23.3 Å². The fourth-order valence-electron chi connectivity index (χ4n) is 3.49. The highest BCUT2D eigenvalue weighted by atomic mass is 32.2. The molecule has 0 radical (unpaired) electrons. The molecule has 0 spiro atoms. The van der Waals surface area contributed by atoms with Gasteiger partial charge in [-0.2, -0.15) is 4.31 Å². The first-order valence-electron chi connectivity index (χ1n) is 9.47. The first-order chi connectivity index (χ1) is 14.3. The summed E-state index contributed by atoms with van der Waals surface area (Å²) in [5, 5.41) is 22.2. The van der Waals surface area contributed by atoms with Crippen molar-refractivity contribution in [1.82, 2.24) is 9.29 Å². The number of hydrogen-bond donors (Lipinski definition) is 3. The summed E-state index contributed by atoms with van der Waals surface area (Å²) in [6.07, 6.45) is 1.86. The van der Waals surface area contributed by atoms with Crippen molar-refractivity contribution in [3.05, 3.63) is 42.0 Å². The summed E-state index contributed by atoms with van der Waals surface area (Å²) in [6, 6.07) is 8.43. The van der Waals surface area contributed by atoms with Gasteiger partial charge in [0.1, 0.15) is 6.04 Å². The largest absolute Gasteiger partial charge is 0.504 e. The lowest BCUT2D eigenvalue weighted by Crippen LogP contribution is -2.49. The van der Waals surface area contributed by atoms with Crippen LogP contribution in [0.3, 0.4) is 0 Å². The monoisotopic (exact) mass is 447 g/mol. The van der Waals surface area contributed by atoms with Gasteiger partial charge in [0.2, 0.25) is 15.9 Å². The van der Waals surface area contributed by atoms with Crippen LogP contribution in [-0.2, 0) is 14.8 Å². The number of amides is 1. The number of fused-ring (bicyclic) bond motifs is 1. The number of anilines is 1. The van der Waals surface area contributed by atoms with Gasteiger partial charge in [-0.15, -0.1) is 0 Å². The number of carbonyl (C=O) groups is 1. The Hall–Kier alpha value is -2.69. The lowest BCUT2D eigenvalue weighted by Gasteiger charge is -2.33. The number of carbonyl (C=O) groups excluding carboxylic acids is 1. The molecule has 4 rings (SSSR count). The van der Waals surface area contributed by atoms with Crippen LogP contribution in [0, 0.1) is 6.92 Å². The van der Waals surface area contributed by atoms with Gasteiger partial charge in [0, 0.05) is 18.7 Å². The molecule has 3 N–H and O–H groups in total. The molecule has 10 heteroatoms. The molecule has 1 atom stereocenters. The summed E-state index contributed by atoms with van der Waals surface area (Å²) in [5.74, 6) is -1.02. The average Bonchev–Trinajstić information content (AvgIpc) is 3.09. The lowest BCUT2D eigenvalue weighted by atomic mass is 10.0. The maximum atomic E-state index is 13.2. The van der Waals surface area contributed by atoms with Gasteiger partial charge in [0.15, 0.2) is 16.6 Å². The molecule has 1 amide bonds. The second kappa shape index (κ2) is 7.86. The van der Waals surface area contributed by atoms with Crippen LogP contribution in [0.4, 0.5) is 5.13 Å². The van der Waals surface area contributed by atoms with Crippen LogP contribution in [0.25, 0.3) is 10.2 Å². The van der Waals surface area contributed by atoms with Crippen LogP contribution in [0.5, 0.6) is 11.5 Å². The summed E-state index contributed by atoms with van der Waals surface area (Å²) in [7, 11) is -3.81. The zero-order valence-corrected chi connectivity index (χ0v) is 17.8. The van der Waals surface area contributed by atoms with E-state index in [1.807, 2.05) is 6.92 Å². The maximum Gasteiger partial charge on any atom is 0.244 e. The minimum absolute atomic E-state index is 0.165. The number of rotatable bonds is 4. The Morgan fingerprint density at radius 3 is 2.60 bits per heavy atom. The summed E-state index contributed by atoms with van der Waals surface area (Å²) >= 11 is 1.14. The number of nitrogens with zero attached hydrogens (tertiary/aromatic N) is 2. The quantitative estimate of drug-likeness (QED) is 0.529. The number of benzene rings is 2. The molecule has 8 nitrogen and oxygen atoms in total. The SMILES string of the molecule is Cc1ccc(S(=O)(=O)N2CCCC[C@@H]2C(=O)Nc2nc3cc(O)c(O)cc3s2)cc1. The highest BCUT2D eigenvalue weighted by Crippen LogP contribution is 2.35. The van der Waals surface area contributed by atoms with Gasteiger partial charge < -0.3 is 15.5 Å². The lowest BCUT2D eigenvalue weighted by molar-refractivity contribution is -0.120. The average molecular weight is 448 g/mol. The molecule has 3 aromatic rings. The van der Waals surface area contributed by atoms with E-state index in [1.54, 1.807) is 24.3 Å². The number of nitrogens with one attached hydrogen (secondary N) is 1. The van der Waals surface area contributed by atoms with E-state index < -0.39 is 22.0 Å². The minimum Gasteiger partial charge on any atom is -0.504 e. The van der Waals surface area contributed by atoms with E-state index in [0.29, 0.717) is 23.1 Å². The van der Waals surface area contributed by atoms with Crippen LogP contribution >= 0.6 is 11.3 Å². The Labute approximate surface area is 177 Å². The van der Waals surface area contributed by atoms with Crippen LogP contribution in [0.15, 0.2) is 41.3 Å². The molecule has 1 saturated heterocycles. The van der Waals surface area contributed by atoms with E-state index in [-0.39, 0.29) is 28.1 Å². The molecule has 0 saturated carbocycles. The Balaban J connectivity index is 1.59. The second-order valence-electron chi connectivity index (χ2n) is 7.26. The summed E-state index contributed by atoms with van der Waals surface area (Å²) in [6.45, 7) is 2.15. The molecular weight excluding hydrogens is 426 g/mol. The first kappa shape index (κ1) is 20.6. The van der Waals surface area contributed by atoms with Gasteiger partial charge in [-0.1, -0.05) is 35.5 Å². The number of thiazole rings is 1. The van der Waals surface area contributed by atoms with Crippen molar-refractivity contribution < 1.29 is 23.4 Å². The predicted octanol–water partition coefficient (Wildman–Crippen LogP) is 3.20. The number of phenols is 2. The van der Waals surface area contributed by atoms with Gasteiger partial charge >= 0.3 is 0 Å². The molecule has 1 aromatic heterocycles. The molecular formula is C20H21N3O5S2. The first-order valence-corrected chi connectivity index (χ1v) is 11.7. The number of piperidine rings is 1. The van der Waals surface area contributed by atoms with Gasteiger partial charge in [0.05, 0.1) is 15.1 Å². The Kier molecular flexibility index (Phi) is 5.39. The summed E-state index contributed by atoms with van der Waals surface area (Å²) in [5.41, 5.74) is 1.38. The third kappa shape index (κ3) is 3.85. The zero-order chi connectivity index (χ0) is 21.5. The Bertz CT molecular complexity index is 1170. The van der Waals surface area contributed by atoms with Crippen LogP contribution < -0.4 is 5.32 Å². The zero-order valence-electron chi connectivity index (χ0n) is 16.2. The van der Waals surface area contributed by atoms with E-state index in [4.69, 9.17) is 0 Å². The van der Waals surface area contributed by atoms with Crippen molar-refractivity contribution in [2.45, 2.75) is 37.1 Å². The van der Waals surface area contributed by atoms with Gasteiger partial charge in [-0.25, -0.2) is 13.4 Å². The van der Waals surface area contributed by atoms with Crippen molar-refractivity contribution >= 4 is 42.6 Å². The molecule has 158 valence electrons. The molecule has 1 fully saturated rings. The highest BCUT2D eigenvalue weighted by Gasteiger charge is 2.37. The van der Waals surface area contributed by atoms with Gasteiger partial charge in [-0.05, 0) is 31.9 Å². The third-order valence-corrected chi connectivity index (χ3v) is 7.95. The van der Waals surface area contributed by atoms with E-state index in [1.165, 1.54) is 16.4 Å². The maximum absolute atomic E-state index is 13.2. The minimum atomic E-state index is -3.81. The Morgan fingerprint density at radius 1 is 1.17 bits per heavy atom. The highest BCUT2D eigenvalue weighted by molar-refractivity contribution is 7.89. The van der Waals surface area contributed by atoms with Crippen molar-refractivity contribution in [3.63, 3.8) is 0 Å². The normalized spacial score (nSPS) is 17.8. The fraction of sp³-hybridized carbons (Fsp3) is 0.300. The fourth-order valence-corrected chi connectivity index (χ4v) is 6.03. The summed E-state index contributed by atoms with van der Waals surface area (Å²) in [4.78, 5) is 17.4. The van der Waals surface area contributed by atoms with Gasteiger partial charge in [0.25, 0.3) is 0 Å². The number of aromatic hydroxyl groups is 2. The topological polar surface area (TPSA) is 120 Å². The molecule has 0 unspecified atom stereocenters. The number of sulfonamides is 1. The van der Waals surface area contributed by atoms with E-state index in [9.17, 15) is 23.4 Å². The Morgan fingerprint density at radius 2 is 1.87 bits per heavy atom. The molecule has 2 heterocycles. The van der Waals surface area contributed by atoms with Crippen LogP contribution in [0.2, 0.25) is 0 Å². The van der Waals surface area contributed by atoms with Crippen molar-refractivity contribution in [1.29, 1.82) is 0 Å². The predicted molar refractivity (Wildman–Crippen MR) is 114 cm³/mol. The molecule has 0 aliphatic carbocycles. The van der Waals surface area contributed by atoms with E-state index in [2.05, 4.69) is 10.3 Å². The van der Waals surface area contributed by atoms with Gasteiger partial charge in [-0.3, -0.25) is 4.79 Å². The molecule has 2 aromatic carbocycles. The smallest absolute Gasteiger partial charge is 0.244 e. The number of phenolic OH excluding ortho intramolecular Hbond substituents is 2. The number of aryl methyl sites for hydroxylation is 1. The third-order valence-electron chi connectivity index (χ3n) is 5.10. The van der Waals surface area contributed by atoms with Crippen molar-refractivity contribution in [2.75, 3.05) is 11.9 Å².